The molecule has 0 spiro atoms. The van der Waals surface area contributed by atoms with Crippen molar-refractivity contribution in [2.45, 2.75) is 51.0 Å². The molecule has 0 aromatic carbocycles. The molecule has 78 valence electrons. The van der Waals surface area contributed by atoms with Crippen molar-refractivity contribution in [3.05, 3.63) is 0 Å². The Labute approximate surface area is 81.3 Å². The molecule has 1 atom stereocenters. The van der Waals surface area contributed by atoms with Gasteiger partial charge in [-0.25, -0.2) is 0 Å². The number of hydrogen-bond donors (Lipinski definition) is 1. The molecule has 0 bridgehead atoms. The lowest BCUT2D eigenvalue weighted by atomic mass is 9.77. The van der Waals surface area contributed by atoms with Crippen molar-refractivity contribution < 1.29 is 9.84 Å². The first-order valence-corrected chi connectivity index (χ1v) is 5.35. The number of aliphatic hydroxyl groups is 1. The molecule has 1 fully saturated rings. The molecule has 0 aliphatic heterocycles. The maximum atomic E-state index is 10.0. The summed E-state index contributed by atoms with van der Waals surface area (Å²) in [6.07, 6.45) is 6.82. The topological polar surface area (TPSA) is 29.5 Å². The molecule has 0 saturated heterocycles. The van der Waals surface area contributed by atoms with Crippen LogP contribution in [0.4, 0.5) is 0 Å². The number of rotatable bonds is 6. The summed E-state index contributed by atoms with van der Waals surface area (Å²) in [5.41, 5.74) is -0.455. The van der Waals surface area contributed by atoms with Gasteiger partial charge < -0.3 is 9.84 Å². The Kier molecular flexibility index (Phi) is 4.20. The van der Waals surface area contributed by atoms with E-state index in [1.54, 1.807) is 7.11 Å². The Bertz CT molecular complexity index is 139. The highest BCUT2D eigenvalue weighted by Gasteiger charge is 2.28. The van der Waals surface area contributed by atoms with E-state index >= 15 is 0 Å². The van der Waals surface area contributed by atoms with Gasteiger partial charge in [-0.1, -0.05) is 19.3 Å². The van der Waals surface area contributed by atoms with Crippen molar-refractivity contribution in [3.8, 4) is 0 Å². The van der Waals surface area contributed by atoms with Crippen LogP contribution in [0.25, 0.3) is 0 Å². The average molecular weight is 186 g/mol. The fraction of sp³-hybridized carbons (Fsp3) is 1.00. The van der Waals surface area contributed by atoms with Gasteiger partial charge in [0.2, 0.25) is 0 Å². The van der Waals surface area contributed by atoms with Crippen molar-refractivity contribution >= 4 is 0 Å². The Morgan fingerprint density at radius 1 is 1.46 bits per heavy atom. The minimum absolute atomic E-state index is 0.455. The highest BCUT2D eigenvalue weighted by Crippen LogP contribution is 2.35. The van der Waals surface area contributed by atoms with Gasteiger partial charge in [-0.2, -0.15) is 0 Å². The molecule has 1 saturated carbocycles. The first-order valence-electron chi connectivity index (χ1n) is 5.35. The number of methoxy groups -OCH3 is 1. The van der Waals surface area contributed by atoms with Gasteiger partial charge in [0, 0.05) is 13.7 Å². The zero-order valence-electron chi connectivity index (χ0n) is 8.88. The van der Waals surface area contributed by atoms with Crippen molar-refractivity contribution in [3.63, 3.8) is 0 Å². The first-order chi connectivity index (χ1) is 6.14. The van der Waals surface area contributed by atoms with Crippen LogP contribution in [-0.4, -0.2) is 24.4 Å². The summed E-state index contributed by atoms with van der Waals surface area (Å²) in [5.74, 6) is 0.789. The average Bonchev–Trinajstić information content (AvgIpc) is 1.98. The van der Waals surface area contributed by atoms with Crippen LogP contribution in [0.15, 0.2) is 0 Å². The summed E-state index contributed by atoms with van der Waals surface area (Å²) in [7, 11) is 1.71. The van der Waals surface area contributed by atoms with Gasteiger partial charge >= 0.3 is 0 Å². The summed E-state index contributed by atoms with van der Waals surface area (Å²) < 4.78 is 4.97. The molecule has 2 heteroatoms. The van der Waals surface area contributed by atoms with Crippen molar-refractivity contribution in [2.75, 3.05) is 13.7 Å². The fourth-order valence-electron chi connectivity index (χ4n) is 2.02. The zero-order valence-corrected chi connectivity index (χ0v) is 8.88. The van der Waals surface area contributed by atoms with Crippen molar-refractivity contribution in [1.29, 1.82) is 0 Å². The van der Waals surface area contributed by atoms with E-state index in [9.17, 15) is 5.11 Å². The van der Waals surface area contributed by atoms with Crippen molar-refractivity contribution in [1.82, 2.24) is 0 Å². The van der Waals surface area contributed by atoms with Gasteiger partial charge in [-0.15, -0.1) is 0 Å². The number of ether oxygens (including phenoxy) is 1. The number of hydrogen-bond acceptors (Lipinski definition) is 2. The van der Waals surface area contributed by atoms with Crippen LogP contribution in [0, 0.1) is 5.92 Å². The van der Waals surface area contributed by atoms with E-state index in [4.69, 9.17) is 4.74 Å². The van der Waals surface area contributed by atoms with Crippen LogP contribution in [0.3, 0.4) is 0 Å². The molecule has 0 radical (unpaired) electrons. The quantitative estimate of drug-likeness (QED) is 0.645. The van der Waals surface area contributed by atoms with Gasteiger partial charge in [0.05, 0.1) is 5.60 Å². The fourth-order valence-corrected chi connectivity index (χ4v) is 2.02. The molecule has 0 amide bonds. The molecule has 0 aromatic rings. The summed E-state index contributed by atoms with van der Waals surface area (Å²) >= 11 is 0. The van der Waals surface area contributed by atoms with E-state index in [1.807, 2.05) is 6.92 Å². The standard InChI is InChI=1S/C11H22O2/c1-11(12,7-4-8-13-2)9-10-5-3-6-10/h10,12H,3-9H2,1-2H3. The third-order valence-electron chi connectivity index (χ3n) is 3.02. The Morgan fingerprint density at radius 3 is 2.62 bits per heavy atom. The lowest BCUT2D eigenvalue weighted by Crippen LogP contribution is -2.30. The third-order valence-corrected chi connectivity index (χ3v) is 3.02. The predicted octanol–water partition coefficient (Wildman–Crippen LogP) is 2.35. The van der Waals surface area contributed by atoms with E-state index in [2.05, 4.69) is 0 Å². The smallest absolute Gasteiger partial charge is 0.0623 e. The molecule has 2 nitrogen and oxygen atoms in total. The Morgan fingerprint density at radius 2 is 2.15 bits per heavy atom. The van der Waals surface area contributed by atoms with Crippen LogP contribution < -0.4 is 0 Å². The lowest BCUT2D eigenvalue weighted by Gasteiger charge is -2.33. The van der Waals surface area contributed by atoms with E-state index in [0.29, 0.717) is 0 Å². The second-order valence-electron chi connectivity index (χ2n) is 4.59. The van der Waals surface area contributed by atoms with E-state index < -0.39 is 5.60 Å². The van der Waals surface area contributed by atoms with Gasteiger partial charge in [0.1, 0.15) is 0 Å². The van der Waals surface area contributed by atoms with E-state index in [0.717, 1.165) is 31.8 Å². The maximum Gasteiger partial charge on any atom is 0.0623 e. The zero-order chi connectivity index (χ0) is 9.73. The maximum absolute atomic E-state index is 10.0. The third kappa shape index (κ3) is 4.10. The minimum Gasteiger partial charge on any atom is -0.390 e. The summed E-state index contributed by atoms with van der Waals surface area (Å²) in [6, 6.07) is 0. The molecular weight excluding hydrogens is 164 g/mol. The van der Waals surface area contributed by atoms with E-state index in [1.165, 1.54) is 19.3 Å². The summed E-state index contributed by atoms with van der Waals surface area (Å²) in [4.78, 5) is 0. The van der Waals surface area contributed by atoms with Crippen molar-refractivity contribution in [2.24, 2.45) is 5.92 Å². The Balaban J connectivity index is 2.11. The highest BCUT2D eigenvalue weighted by atomic mass is 16.5. The molecule has 0 heterocycles. The molecule has 1 unspecified atom stereocenters. The van der Waals surface area contributed by atoms with E-state index in [-0.39, 0.29) is 0 Å². The molecule has 1 rings (SSSR count). The van der Waals surface area contributed by atoms with Crippen LogP contribution in [0.5, 0.6) is 0 Å². The Hall–Kier alpha value is -0.0800. The van der Waals surface area contributed by atoms with Crippen LogP contribution in [-0.2, 0) is 4.74 Å². The molecular formula is C11H22O2. The van der Waals surface area contributed by atoms with Gasteiger partial charge in [0.15, 0.2) is 0 Å². The van der Waals surface area contributed by atoms with Crippen LogP contribution in [0.1, 0.15) is 45.4 Å². The lowest BCUT2D eigenvalue weighted by molar-refractivity contribution is 0.00557. The second kappa shape index (κ2) is 4.97. The highest BCUT2D eigenvalue weighted by molar-refractivity contribution is 4.80. The molecule has 1 N–H and O–H groups in total. The summed E-state index contributed by atoms with van der Waals surface area (Å²) in [5, 5.41) is 10.0. The van der Waals surface area contributed by atoms with Crippen LogP contribution in [0.2, 0.25) is 0 Å². The largest absolute Gasteiger partial charge is 0.390 e. The van der Waals surface area contributed by atoms with Gasteiger partial charge in [-0.05, 0) is 32.1 Å². The molecule has 1 aliphatic rings. The summed E-state index contributed by atoms with van der Waals surface area (Å²) in [6.45, 7) is 2.72. The minimum atomic E-state index is -0.455. The first kappa shape index (κ1) is 11.0. The normalized spacial score (nSPS) is 22.4. The van der Waals surface area contributed by atoms with Gasteiger partial charge in [-0.3, -0.25) is 0 Å². The van der Waals surface area contributed by atoms with Gasteiger partial charge in [0.25, 0.3) is 0 Å². The van der Waals surface area contributed by atoms with Crippen LogP contribution >= 0.6 is 0 Å². The predicted molar refractivity (Wildman–Crippen MR) is 53.7 cm³/mol. The molecule has 0 aromatic heterocycles. The second-order valence-corrected chi connectivity index (χ2v) is 4.59. The molecule has 1 aliphatic carbocycles. The SMILES string of the molecule is COCCCC(C)(O)CC1CCC1. The monoisotopic (exact) mass is 186 g/mol. The molecule has 13 heavy (non-hydrogen) atoms.